The van der Waals surface area contributed by atoms with E-state index in [-0.39, 0.29) is 50.8 Å². The standard InChI is InChI=1S/C95H101N9O30/c1-56(105)115-53-67-73(118-47-59-31-15-7-16-32-59)76(119-48-60-33-17-8-18-34-60)71(100-103-97)92(125-67)131-81-79(122-51-63-39-23-11-24-40-63)86(128-88(109)66-45-29-14-30-46-66)95(134-83(81)89(110)112-4)130-75-69(55-117-58(3)107)126-93(72(101-104-98)78(75)121-50-62-37-21-10-22-38-62)132-82-80(123-52-64-41-25-12-26-42-64)85(127-87(108)65-43-27-13-28-44-65)94(133-84(82)90(111)113-5)129-74-68(54-116-57(2)106)124-91(114-6)70(99-102-96)77(74)120-49-61-35-19-9-20-36-61/h7-46,67-86,91-95H,47-55H2,1-6H3/t67-,68-,69-,70-,71-,72-,73-,74-,75-,76-,77-,78-,79+,80+,81+,82+,83+,84-,85-,86-,91+,92-,93-,94-,95-/m1/s1. The number of esters is 7. The Morgan fingerprint density at radius 3 is 0.813 bits per heavy atom. The van der Waals surface area contributed by atoms with Gasteiger partial charge in [-0.2, -0.15) is 0 Å². The molecule has 134 heavy (non-hydrogen) atoms. The van der Waals surface area contributed by atoms with Crippen LogP contribution in [0.3, 0.4) is 0 Å². The summed E-state index contributed by atoms with van der Waals surface area (Å²) < 4.78 is 151. The van der Waals surface area contributed by atoms with Gasteiger partial charge in [0, 0.05) is 42.6 Å². The van der Waals surface area contributed by atoms with Gasteiger partial charge in [0.15, 0.2) is 55.9 Å². The lowest BCUT2D eigenvalue weighted by Gasteiger charge is -2.51. The second-order valence-electron chi connectivity index (χ2n) is 31.2. The Morgan fingerprint density at radius 2 is 0.537 bits per heavy atom. The maximum Gasteiger partial charge on any atom is 0.338 e. The molecule has 0 amide bonds. The van der Waals surface area contributed by atoms with Gasteiger partial charge < -0.3 is 109 Å². The summed E-state index contributed by atoms with van der Waals surface area (Å²) in [5.74, 6) is -6.91. The van der Waals surface area contributed by atoms with Crippen LogP contribution in [-0.4, -0.2) is 236 Å². The SMILES string of the molecule is COC(=O)[C@H]1O[C@@H](O[C@H]2[C@H](OCc3ccccc3)[C@@H](N=[N+]=[N-])[C@@H](O[C@H]3[C@H](OCc4ccccc4)[C@@H](OC(=O)c4ccccc4)[C@H](O[C@H]4[C@H](OCc5ccccc5)[C@@H](N=[N+]=[N-])[C@@H](OC)O[C@@H]4COC(C)=O)O[C@H]3C(=O)OC)O[C@@H]2COC(C)=O)[C@H](OC(=O)c2ccccc2)[C@@H](OCc2ccccc2)[C@@H]1O[C@H]1O[C@H](COC(C)=O)[C@@H](OCc2ccccc2)[C@H](OCc2ccccc2)[C@H]1N=[N+]=[N-]. The lowest BCUT2D eigenvalue weighted by molar-refractivity contribution is -0.380. The van der Waals surface area contributed by atoms with Crippen LogP contribution in [0.25, 0.3) is 31.3 Å². The van der Waals surface area contributed by atoms with Crippen LogP contribution in [0.2, 0.25) is 0 Å². The van der Waals surface area contributed by atoms with E-state index in [0.29, 0.717) is 33.4 Å². The van der Waals surface area contributed by atoms with Gasteiger partial charge in [0.2, 0.25) is 0 Å². The summed E-state index contributed by atoms with van der Waals surface area (Å²) in [4.78, 5) is 110. The number of nitrogens with zero attached hydrogens (tertiary/aromatic N) is 9. The highest BCUT2D eigenvalue weighted by Gasteiger charge is 2.62. The fourth-order valence-electron chi connectivity index (χ4n) is 15.9. The number of hydrogen-bond donors (Lipinski definition) is 0. The molecule has 8 aromatic rings. The number of hydrogen-bond acceptors (Lipinski definition) is 33. The molecule has 0 aromatic heterocycles. The topological polar surface area (TPSA) is 478 Å². The van der Waals surface area contributed by atoms with Crippen LogP contribution in [0, 0.1) is 0 Å². The van der Waals surface area contributed by atoms with Crippen LogP contribution in [-0.2, 0) is 173 Å². The second-order valence-corrected chi connectivity index (χ2v) is 31.2. The fourth-order valence-corrected chi connectivity index (χ4v) is 15.9. The van der Waals surface area contributed by atoms with E-state index in [9.17, 15) is 31.0 Å². The zero-order valence-corrected chi connectivity index (χ0v) is 73.7. The molecule has 25 atom stereocenters. The van der Waals surface area contributed by atoms with E-state index in [0.717, 1.165) is 28.1 Å². The largest absolute Gasteiger partial charge is 0.467 e. The highest BCUT2D eigenvalue weighted by molar-refractivity contribution is 5.90. The van der Waals surface area contributed by atoms with Crippen molar-refractivity contribution >= 4 is 41.8 Å². The molecule has 0 unspecified atom stereocenters. The molecule has 39 nitrogen and oxygen atoms in total. The Bertz CT molecular complexity index is 5240. The maximum atomic E-state index is 15.4. The van der Waals surface area contributed by atoms with Crippen molar-refractivity contribution in [1.29, 1.82) is 0 Å². The molecule has 5 saturated heterocycles. The van der Waals surface area contributed by atoms with Crippen molar-refractivity contribution in [3.05, 3.63) is 318 Å². The number of rotatable bonds is 42. The number of benzene rings is 8. The Kier molecular flexibility index (Phi) is 36.8. The molecule has 5 aliphatic heterocycles. The van der Waals surface area contributed by atoms with Crippen molar-refractivity contribution in [1.82, 2.24) is 0 Å². The normalized spacial score (nSPS) is 28.2. The first-order chi connectivity index (χ1) is 65.3. The number of azide groups is 3. The molecular weight excluding hydrogens is 1750 g/mol. The van der Waals surface area contributed by atoms with Gasteiger partial charge >= 0.3 is 41.8 Å². The van der Waals surface area contributed by atoms with Crippen LogP contribution in [0.1, 0.15) is 74.9 Å². The quantitative estimate of drug-likeness (QED) is 0.0113. The average molecular weight is 1850 g/mol. The highest BCUT2D eigenvalue weighted by atomic mass is 16.8. The van der Waals surface area contributed by atoms with Gasteiger partial charge in [-0.25, -0.2) is 19.2 Å². The van der Waals surface area contributed by atoms with Gasteiger partial charge in [0.25, 0.3) is 0 Å². The molecular formula is C95H101N9O30. The van der Waals surface area contributed by atoms with Crippen molar-refractivity contribution in [2.24, 2.45) is 15.3 Å². The fraction of sp³-hybridized carbons (Fsp3) is 0.421. The molecule has 13 rings (SSSR count). The minimum absolute atomic E-state index is 0.0312. The summed E-state index contributed by atoms with van der Waals surface area (Å²) in [5.41, 5.74) is 35.5. The van der Waals surface area contributed by atoms with E-state index in [4.69, 9.17) is 109 Å². The molecule has 0 aliphatic carbocycles. The lowest BCUT2D eigenvalue weighted by atomic mass is 9.93. The predicted octanol–water partition coefficient (Wildman–Crippen LogP) is 11.8. The van der Waals surface area contributed by atoms with E-state index in [1.54, 1.807) is 200 Å². The van der Waals surface area contributed by atoms with Crippen molar-refractivity contribution in [3.63, 3.8) is 0 Å². The molecule has 0 saturated carbocycles. The molecule has 39 heteroatoms. The number of methoxy groups -OCH3 is 3. The first-order valence-electron chi connectivity index (χ1n) is 42.9. The van der Waals surface area contributed by atoms with Crippen LogP contribution >= 0.6 is 0 Å². The molecule has 706 valence electrons. The number of ether oxygens (including phenoxy) is 23. The Balaban J connectivity index is 0.944. The molecule has 0 bridgehead atoms. The Hall–Kier alpha value is -12.7. The van der Waals surface area contributed by atoms with Gasteiger partial charge in [0.1, 0.15) is 117 Å². The monoisotopic (exact) mass is 1850 g/mol. The van der Waals surface area contributed by atoms with E-state index in [2.05, 4.69) is 30.1 Å². The van der Waals surface area contributed by atoms with Crippen molar-refractivity contribution in [2.45, 2.75) is 214 Å². The number of carbonyl (C=O) groups excluding carboxylic acids is 7. The van der Waals surface area contributed by atoms with Crippen LogP contribution in [0.5, 0.6) is 0 Å². The third-order valence-electron chi connectivity index (χ3n) is 22.2. The van der Waals surface area contributed by atoms with Crippen LogP contribution < -0.4 is 0 Å². The summed E-state index contributed by atoms with van der Waals surface area (Å²) in [6.07, 6.45) is -39.7. The molecule has 8 aromatic carbocycles. The summed E-state index contributed by atoms with van der Waals surface area (Å²) in [7, 11) is 3.34. The third kappa shape index (κ3) is 26.5. The van der Waals surface area contributed by atoms with Crippen molar-refractivity contribution in [2.75, 3.05) is 41.2 Å². The van der Waals surface area contributed by atoms with Crippen molar-refractivity contribution < 1.29 is 143 Å². The van der Waals surface area contributed by atoms with Gasteiger partial charge in [-0.15, -0.1) is 0 Å². The van der Waals surface area contributed by atoms with E-state index in [1.807, 2.05) is 18.2 Å². The molecule has 0 N–H and O–H groups in total. The second kappa shape index (κ2) is 49.9. The minimum Gasteiger partial charge on any atom is -0.467 e. The lowest BCUT2D eigenvalue weighted by Crippen LogP contribution is -2.69. The first-order valence-corrected chi connectivity index (χ1v) is 42.9. The van der Waals surface area contributed by atoms with Gasteiger partial charge in [-0.3, -0.25) is 14.4 Å². The molecule has 0 radical (unpaired) electrons. The molecule has 5 heterocycles. The van der Waals surface area contributed by atoms with Crippen molar-refractivity contribution in [3.8, 4) is 0 Å². The zero-order chi connectivity index (χ0) is 94.2. The minimum atomic E-state index is -2.19. The summed E-state index contributed by atoms with van der Waals surface area (Å²) in [5, 5.41) is 12.6. The smallest absolute Gasteiger partial charge is 0.338 e. The zero-order valence-electron chi connectivity index (χ0n) is 73.7. The van der Waals surface area contributed by atoms with Gasteiger partial charge in [-0.1, -0.05) is 234 Å². The maximum absolute atomic E-state index is 15.4. The predicted molar refractivity (Wildman–Crippen MR) is 464 cm³/mol. The van der Waals surface area contributed by atoms with E-state index in [1.165, 1.54) is 38.3 Å². The molecule has 5 aliphatic rings. The molecule has 5 fully saturated rings. The summed E-state index contributed by atoms with van der Waals surface area (Å²) in [6.45, 7) is -0.0786. The van der Waals surface area contributed by atoms with E-state index >= 15 is 19.2 Å². The Morgan fingerprint density at radius 1 is 0.291 bits per heavy atom. The summed E-state index contributed by atoms with van der Waals surface area (Å²) in [6, 6.07) is 63.0. The summed E-state index contributed by atoms with van der Waals surface area (Å²) >= 11 is 0. The van der Waals surface area contributed by atoms with Gasteiger partial charge in [-0.05, 0) is 74.2 Å². The first kappa shape index (κ1) is 98.8. The highest BCUT2D eigenvalue weighted by Crippen LogP contribution is 2.43. The van der Waals surface area contributed by atoms with E-state index < -0.39 is 215 Å². The van der Waals surface area contributed by atoms with Gasteiger partial charge in [0.05, 0.1) is 65.0 Å². The third-order valence-corrected chi connectivity index (χ3v) is 22.2. The average Bonchev–Trinajstić information content (AvgIpc) is 0.752. The number of carbonyl (C=O) groups is 7. The van der Waals surface area contributed by atoms with Crippen LogP contribution in [0.15, 0.2) is 258 Å². The molecule has 0 spiro atoms. The van der Waals surface area contributed by atoms with Crippen LogP contribution in [0.4, 0.5) is 0 Å². The Labute approximate surface area is 769 Å².